The predicted molar refractivity (Wildman–Crippen MR) is 74.5 cm³/mol. The molecule has 1 saturated heterocycles. The summed E-state index contributed by atoms with van der Waals surface area (Å²) < 4.78 is 5.25. The first-order valence-corrected chi connectivity index (χ1v) is 7.25. The number of amides is 2. The number of hydrogen-bond acceptors (Lipinski definition) is 4. The van der Waals surface area contributed by atoms with E-state index < -0.39 is 12.0 Å². The van der Waals surface area contributed by atoms with Crippen molar-refractivity contribution in [1.82, 2.24) is 10.2 Å². The number of carboxylic acid groups (broad SMARTS) is 1. The van der Waals surface area contributed by atoms with Crippen LogP contribution in [0.5, 0.6) is 0 Å². The van der Waals surface area contributed by atoms with Crippen LogP contribution in [0, 0.1) is 0 Å². The zero-order valence-corrected chi connectivity index (χ0v) is 11.9. The molecule has 0 saturated carbocycles. The Hall–Kier alpha value is -1.21. The fourth-order valence-corrected chi connectivity index (χ4v) is 2.67. The minimum atomic E-state index is -0.958. The molecule has 1 aliphatic rings. The minimum Gasteiger partial charge on any atom is -0.480 e. The molecule has 7 heteroatoms. The van der Waals surface area contributed by atoms with E-state index in [0.717, 1.165) is 11.3 Å². The van der Waals surface area contributed by atoms with Crippen LogP contribution in [0.25, 0.3) is 0 Å². The van der Waals surface area contributed by atoms with Gasteiger partial charge in [-0.3, -0.25) is 0 Å². The third kappa shape index (κ3) is 5.52. The van der Waals surface area contributed by atoms with Gasteiger partial charge in [-0.15, -0.1) is 0 Å². The zero-order chi connectivity index (χ0) is 14.3. The molecule has 2 amide bonds. The van der Waals surface area contributed by atoms with E-state index in [0.29, 0.717) is 32.1 Å². The van der Waals surface area contributed by atoms with Crippen molar-refractivity contribution in [2.45, 2.75) is 13.0 Å². The Morgan fingerprint density at radius 2 is 2.32 bits per heavy atom. The fraction of sp³-hybridized carbons (Fsp3) is 0.667. The maximum Gasteiger partial charge on any atom is 0.327 e. The smallest absolute Gasteiger partial charge is 0.327 e. The van der Waals surface area contributed by atoms with Gasteiger partial charge in [0.1, 0.15) is 6.04 Å². The molecule has 6 nitrogen and oxygen atoms in total. The highest BCUT2D eigenvalue weighted by molar-refractivity contribution is 7.99. The van der Waals surface area contributed by atoms with Crippen molar-refractivity contribution in [2.75, 3.05) is 37.8 Å². The van der Waals surface area contributed by atoms with Gasteiger partial charge in [-0.25, -0.2) is 9.59 Å². The van der Waals surface area contributed by atoms with Gasteiger partial charge in [-0.1, -0.05) is 12.2 Å². The first-order chi connectivity index (χ1) is 9.02. The van der Waals surface area contributed by atoms with E-state index in [-0.39, 0.29) is 6.03 Å². The average Bonchev–Trinajstić information content (AvgIpc) is 2.37. The van der Waals surface area contributed by atoms with Crippen molar-refractivity contribution in [3.8, 4) is 0 Å². The Labute approximate surface area is 117 Å². The lowest BCUT2D eigenvalue weighted by Crippen LogP contribution is -2.54. The molecule has 1 fully saturated rings. The Balaban J connectivity index is 2.30. The summed E-state index contributed by atoms with van der Waals surface area (Å²) in [5.74, 6) is 0.249. The zero-order valence-electron chi connectivity index (χ0n) is 11.1. The molecule has 0 bridgehead atoms. The van der Waals surface area contributed by atoms with Crippen LogP contribution in [-0.4, -0.2) is 65.9 Å². The molecule has 1 aliphatic heterocycles. The highest BCUT2D eigenvalue weighted by atomic mass is 32.2. The molecule has 1 rings (SSSR count). The topological polar surface area (TPSA) is 78.9 Å². The summed E-state index contributed by atoms with van der Waals surface area (Å²) in [6.45, 7) is 7.24. The molecule has 0 aromatic heterocycles. The molecule has 0 aromatic carbocycles. The Morgan fingerprint density at radius 1 is 1.58 bits per heavy atom. The summed E-state index contributed by atoms with van der Waals surface area (Å²) >= 11 is 1.55. The molecule has 0 radical (unpaired) electrons. The third-order valence-electron chi connectivity index (χ3n) is 2.55. The van der Waals surface area contributed by atoms with Crippen molar-refractivity contribution < 1.29 is 19.4 Å². The lowest BCUT2D eigenvalue weighted by atomic mass is 10.3. The van der Waals surface area contributed by atoms with Gasteiger partial charge in [-0.2, -0.15) is 11.8 Å². The molecule has 2 N–H and O–H groups in total. The van der Waals surface area contributed by atoms with E-state index >= 15 is 0 Å². The van der Waals surface area contributed by atoms with Crippen molar-refractivity contribution in [3.05, 3.63) is 12.2 Å². The normalized spacial score (nSPS) is 19.0. The van der Waals surface area contributed by atoms with E-state index in [2.05, 4.69) is 11.9 Å². The number of thioether (sulfide) groups is 1. The van der Waals surface area contributed by atoms with Gasteiger partial charge in [0.2, 0.25) is 0 Å². The molecule has 0 aromatic rings. The molecule has 1 unspecified atom stereocenters. The average molecular weight is 288 g/mol. The van der Waals surface area contributed by atoms with Crippen LogP contribution in [0.2, 0.25) is 0 Å². The standard InChI is InChI=1S/C12H20N2O4S/c1-9(2)7-18-5-3-13-12(17)14-4-6-19-8-10(14)11(15)16/h10H,1,3-8H2,2H3,(H,13,17)(H,15,16). The molecule has 1 heterocycles. The number of nitrogens with one attached hydrogen (secondary N) is 1. The van der Waals surface area contributed by atoms with Crippen LogP contribution in [0.1, 0.15) is 6.92 Å². The van der Waals surface area contributed by atoms with E-state index in [1.807, 2.05) is 6.92 Å². The quantitative estimate of drug-likeness (QED) is 0.558. The van der Waals surface area contributed by atoms with Gasteiger partial charge in [0, 0.05) is 24.6 Å². The number of carboxylic acids is 1. The lowest BCUT2D eigenvalue weighted by molar-refractivity contribution is -0.141. The summed E-state index contributed by atoms with van der Waals surface area (Å²) in [6, 6.07) is -1.08. The molecular weight excluding hydrogens is 268 g/mol. The van der Waals surface area contributed by atoms with Crippen molar-refractivity contribution >= 4 is 23.8 Å². The van der Waals surface area contributed by atoms with Gasteiger partial charge >= 0.3 is 12.0 Å². The van der Waals surface area contributed by atoms with Crippen LogP contribution in [0.4, 0.5) is 4.79 Å². The van der Waals surface area contributed by atoms with Gasteiger partial charge in [-0.05, 0) is 6.92 Å². The second-order valence-electron chi connectivity index (χ2n) is 4.36. The third-order valence-corrected chi connectivity index (χ3v) is 3.57. The maximum atomic E-state index is 11.9. The van der Waals surface area contributed by atoms with Crippen LogP contribution < -0.4 is 5.32 Å². The van der Waals surface area contributed by atoms with Gasteiger partial charge in [0.15, 0.2) is 0 Å². The number of nitrogens with zero attached hydrogens (tertiary/aromatic N) is 1. The molecule has 19 heavy (non-hydrogen) atoms. The van der Waals surface area contributed by atoms with Gasteiger partial charge in [0.05, 0.1) is 13.2 Å². The van der Waals surface area contributed by atoms with Crippen LogP contribution in [0.15, 0.2) is 12.2 Å². The van der Waals surface area contributed by atoms with Crippen LogP contribution >= 0.6 is 11.8 Å². The minimum absolute atomic E-state index is 0.341. The summed E-state index contributed by atoms with van der Waals surface area (Å²) in [6.07, 6.45) is 0. The largest absolute Gasteiger partial charge is 0.480 e. The SMILES string of the molecule is C=C(C)COCCNC(=O)N1CCSCC1C(=O)O. The van der Waals surface area contributed by atoms with Gasteiger partial charge < -0.3 is 20.1 Å². The number of aliphatic carboxylic acids is 1. The van der Waals surface area contributed by atoms with Gasteiger partial charge in [0.25, 0.3) is 0 Å². The van der Waals surface area contributed by atoms with Crippen molar-refractivity contribution in [3.63, 3.8) is 0 Å². The Morgan fingerprint density at radius 3 is 2.95 bits per heavy atom. The van der Waals surface area contributed by atoms with Crippen LogP contribution in [-0.2, 0) is 9.53 Å². The van der Waals surface area contributed by atoms with E-state index in [4.69, 9.17) is 9.84 Å². The number of carbonyl (C=O) groups is 2. The number of rotatable bonds is 6. The summed E-state index contributed by atoms with van der Waals surface area (Å²) in [4.78, 5) is 24.3. The molecular formula is C12H20N2O4S. The first kappa shape index (κ1) is 15.8. The number of hydrogen-bond donors (Lipinski definition) is 2. The summed E-state index contributed by atoms with van der Waals surface area (Å²) in [5, 5.41) is 11.7. The predicted octanol–water partition coefficient (Wildman–Crippen LogP) is 0.791. The number of ether oxygens (including phenoxy) is 1. The highest BCUT2D eigenvalue weighted by Crippen LogP contribution is 2.16. The Kier molecular flexibility index (Phi) is 6.72. The molecule has 0 aliphatic carbocycles. The number of urea groups is 1. The summed E-state index contributed by atoms with van der Waals surface area (Å²) in [5.41, 5.74) is 0.922. The van der Waals surface area contributed by atoms with Crippen molar-refractivity contribution in [1.29, 1.82) is 0 Å². The maximum absolute atomic E-state index is 11.9. The highest BCUT2D eigenvalue weighted by Gasteiger charge is 2.32. The monoisotopic (exact) mass is 288 g/mol. The lowest BCUT2D eigenvalue weighted by Gasteiger charge is -2.32. The second-order valence-corrected chi connectivity index (χ2v) is 5.51. The van der Waals surface area contributed by atoms with E-state index in [1.54, 1.807) is 11.8 Å². The second kappa shape index (κ2) is 8.06. The molecule has 108 valence electrons. The molecule has 1 atom stereocenters. The fourth-order valence-electron chi connectivity index (χ4n) is 1.63. The van der Waals surface area contributed by atoms with E-state index in [9.17, 15) is 9.59 Å². The van der Waals surface area contributed by atoms with Crippen molar-refractivity contribution in [2.24, 2.45) is 0 Å². The molecule has 0 spiro atoms. The Bertz CT molecular complexity index is 349. The summed E-state index contributed by atoms with van der Waals surface area (Å²) in [7, 11) is 0. The van der Waals surface area contributed by atoms with E-state index in [1.165, 1.54) is 4.90 Å². The number of carbonyl (C=O) groups excluding carboxylic acids is 1. The van der Waals surface area contributed by atoms with Crippen LogP contribution in [0.3, 0.4) is 0 Å². The first-order valence-electron chi connectivity index (χ1n) is 6.09.